The van der Waals surface area contributed by atoms with Crippen molar-refractivity contribution in [2.75, 3.05) is 12.4 Å². The lowest BCUT2D eigenvalue weighted by Crippen LogP contribution is -2.07. The number of rotatable bonds is 6. The Morgan fingerprint density at radius 3 is 2.50 bits per heavy atom. The molecular formula is C23H23N3OS. The summed E-state index contributed by atoms with van der Waals surface area (Å²) in [5, 5.41) is 4.65. The highest BCUT2D eigenvalue weighted by Gasteiger charge is 2.15. The molecule has 28 heavy (non-hydrogen) atoms. The van der Waals surface area contributed by atoms with E-state index in [1.807, 2.05) is 36.4 Å². The summed E-state index contributed by atoms with van der Waals surface area (Å²) in [5.41, 5.74) is 3.56. The minimum Gasteiger partial charge on any atom is -0.496 e. The van der Waals surface area contributed by atoms with Gasteiger partial charge in [0, 0.05) is 23.4 Å². The molecule has 0 spiro atoms. The van der Waals surface area contributed by atoms with Gasteiger partial charge in [0.1, 0.15) is 22.2 Å². The van der Waals surface area contributed by atoms with Gasteiger partial charge in [0.05, 0.1) is 12.5 Å². The largest absolute Gasteiger partial charge is 0.496 e. The Labute approximate surface area is 169 Å². The Bertz CT molecular complexity index is 1110. The molecule has 0 aliphatic heterocycles. The van der Waals surface area contributed by atoms with Gasteiger partial charge in [0.25, 0.3) is 0 Å². The summed E-state index contributed by atoms with van der Waals surface area (Å²) in [4.78, 5) is 12.0. The SMILES string of the molecule is COc1ccccc1CNc1nc(Cc2ccccc2)nc2sc(C)c(C)c12. The molecule has 142 valence electrons. The lowest BCUT2D eigenvalue weighted by atomic mass is 10.1. The van der Waals surface area contributed by atoms with Crippen LogP contribution in [0.15, 0.2) is 54.6 Å². The van der Waals surface area contributed by atoms with Crippen molar-refractivity contribution in [3.05, 3.63) is 82.0 Å². The van der Waals surface area contributed by atoms with Crippen LogP contribution in [0.1, 0.15) is 27.4 Å². The number of ether oxygens (including phenoxy) is 1. The molecule has 0 saturated carbocycles. The van der Waals surface area contributed by atoms with Gasteiger partial charge in [-0.15, -0.1) is 11.3 Å². The van der Waals surface area contributed by atoms with Gasteiger partial charge >= 0.3 is 0 Å². The van der Waals surface area contributed by atoms with E-state index in [1.165, 1.54) is 16.0 Å². The number of hydrogen-bond donors (Lipinski definition) is 1. The molecule has 0 radical (unpaired) electrons. The van der Waals surface area contributed by atoms with Crippen molar-refractivity contribution in [2.24, 2.45) is 0 Å². The molecule has 2 aromatic carbocycles. The molecule has 0 bridgehead atoms. The van der Waals surface area contributed by atoms with E-state index >= 15 is 0 Å². The number of anilines is 1. The number of hydrogen-bond acceptors (Lipinski definition) is 5. The molecule has 4 aromatic rings. The highest BCUT2D eigenvalue weighted by Crippen LogP contribution is 2.34. The van der Waals surface area contributed by atoms with Gasteiger partial charge in [-0.2, -0.15) is 0 Å². The van der Waals surface area contributed by atoms with E-state index in [4.69, 9.17) is 14.7 Å². The zero-order valence-corrected chi connectivity index (χ0v) is 17.1. The molecule has 4 nitrogen and oxygen atoms in total. The van der Waals surface area contributed by atoms with Crippen LogP contribution in [-0.2, 0) is 13.0 Å². The summed E-state index contributed by atoms with van der Waals surface area (Å²) in [7, 11) is 1.70. The number of fused-ring (bicyclic) bond motifs is 1. The van der Waals surface area contributed by atoms with Crippen LogP contribution in [0.3, 0.4) is 0 Å². The second kappa shape index (κ2) is 7.98. The van der Waals surface area contributed by atoms with Gasteiger partial charge in [0.2, 0.25) is 0 Å². The maximum absolute atomic E-state index is 5.48. The van der Waals surface area contributed by atoms with E-state index in [-0.39, 0.29) is 0 Å². The summed E-state index contributed by atoms with van der Waals surface area (Å²) >= 11 is 1.73. The topological polar surface area (TPSA) is 47.0 Å². The number of aryl methyl sites for hydroxylation is 2. The van der Waals surface area contributed by atoms with Gasteiger partial charge in [-0.1, -0.05) is 48.5 Å². The van der Waals surface area contributed by atoms with Crippen LogP contribution in [0, 0.1) is 13.8 Å². The number of benzene rings is 2. The van der Waals surface area contributed by atoms with E-state index < -0.39 is 0 Å². The van der Waals surface area contributed by atoms with Gasteiger partial charge < -0.3 is 10.1 Å². The first kappa shape index (κ1) is 18.4. The standard InChI is InChI=1S/C23H23N3OS/c1-15-16(2)28-23-21(15)22(24-14-18-11-7-8-12-19(18)27-3)25-20(26-23)13-17-9-5-4-6-10-17/h4-12H,13-14H2,1-3H3,(H,24,25,26). The predicted octanol–water partition coefficient (Wildman–Crippen LogP) is 5.52. The van der Waals surface area contributed by atoms with Crippen LogP contribution in [0.4, 0.5) is 5.82 Å². The Kier molecular flexibility index (Phi) is 5.26. The third-order valence-corrected chi connectivity index (χ3v) is 6.02. The van der Waals surface area contributed by atoms with Gasteiger partial charge in [-0.3, -0.25) is 0 Å². The Morgan fingerprint density at radius 2 is 1.71 bits per heavy atom. The molecule has 2 heterocycles. The van der Waals surface area contributed by atoms with Crippen molar-refractivity contribution < 1.29 is 4.74 Å². The van der Waals surface area contributed by atoms with E-state index in [1.54, 1.807) is 18.4 Å². The smallest absolute Gasteiger partial charge is 0.139 e. The summed E-state index contributed by atoms with van der Waals surface area (Å²) in [6.07, 6.45) is 0.718. The molecule has 0 saturated heterocycles. The van der Waals surface area contributed by atoms with Gasteiger partial charge in [-0.25, -0.2) is 9.97 Å². The van der Waals surface area contributed by atoms with Crippen molar-refractivity contribution in [3.8, 4) is 5.75 Å². The van der Waals surface area contributed by atoms with Crippen LogP contribution in [0.5, 0.6) is 5.75 Å². The van der Waals surface area contributed by atoms with Crippen molar-refractivity contribution in [2.45, 2.75) is 26.8 Å². The number of methoxy groups -OCH3 is 1. The average Bonchev–Trinajstić information content (AvgIpc) is 3.01. The molecule has 4 rings (SSSR count). The maximum Gasteiger partial charge on any atom is 0.139 e. The minimum absolute atomic E-state index is 0.648. The molecule has 0 aliphatic carbocycles. The molecular weight excluding hydrogens is 366 g/mol. The minimum atomic E-state index is 0.648. The molecule has 1 N–H and O–H groups in total. The number of aromatic nitrogens is 2. The van der Waals surface area contributed by atoms with E-state index in [0.29, 0.717) is 6.54 Å². The van der Waals surface area contributed by atoms with Crippen molar-refractivity contribution in [1.82, 2.24) is 9.97 Å². The highest BCUT2D eigenvalue weighted by atomic mass is 32.1. The summed E-state index contributed by atoms with van der Waals surface area (Å²) in [6.45, 7) is 4.93. The first-order chi connectivity index (χ1) is 13.7. The predicted molar refractivity (Wildman–Crippen MR) is 116 cm³/mol. The summed E-state index contributed by atoms with van der Waals surface area (Å²) in [5.74, 6) is 2.61. The maximum atomic E-state index is 5.48. The normalized spacial score (nSPS) is 11.0. The quantitative estimate of drug-likeness (QED) is 0.472. The van der Waals surface area contributed by atoms with E-state index in [0.717, 1.165) is 39.6 Å². The number of nitrogens with zero attached hydrogens (tertiary/aromatic N) is 2. The van der Waals surface area contributed by atoms with Gasteiger partial charge in [-0.05, 0) is 31.0 Å². The lowest BCUT2D eigenvalue weighted by Gasteiger charge is -2.12. The third-order valence-electron chi connectivity index (χ3n) is 4.92. The molecule has 0 amide bonds. The first-order valence-electron chi connectivity index (χ1n) is 9.32. The number of thiophene rings is 1. The summed E-state index contributed by atoms with van der Waals surface area (Å²) in [6, 6.07) is 18.4. The second-order valence-electron chi connectivity index (χ2n) is 6.78. The van der Waals surface area contributed by atoms with Crippen LogP contribution in [-0.4, -0.2) is 17.1 Å². The zero-order valence-electron chi connectivity index (χ0n) is 16.3. The fraction of sp³-hybridized carbons (Fsp3) is 0.217. The molecule has 5 heteroatoms. The molecule has 0 aliphatic rings. The Hall–Kier alpha value is -2.92. The van der Waals surface area contributed by atoms with Crippen molar-refractivity contribution in [3.63, 3.8) is 0 Å². The fourth-order valence-electron chi connectivity index (χ4n) is 3.31. The molecule has 0 atom stereocenters. The Balaban J connectivity index is 1.70. The van der Waals surface area contributed by atoms with Crippen LogP contribution in [0.2, 0.25) is 0 Å². The molecule has 0 unspecified atom stereocenters. The van der Waals surface area contributed by atoms with Gasteiger partial charge in [0.15, 0.2) is 0 Å². The third kappa shape index (κ3) is 3.71. The lowest BCUT2D eigenvalue weighted by molar-refractivity contribution is 0.410. The van der Waals surface area contributed by atoms with Crippen LogP contribution >= 0.6 is 11.3 Å². The monoisotopic (exact) mass is 389 g/mol. The Morgan fingerprint density at radius 1 is 0.964 bits per heavy atom. The number of para-hydroxylation sites is 1. The van der Waals surface area contributed by atoms with Crippen molar-refractivity contribution >= 4 is 27.4 Å². The highest BCUT2D eigenvalue weighted by molar-refractivity contribution is 7.18. The fourth-order valence-corrected chi connectivity index (χ4v) is 4.36. The molecule has 2 aromatic heterocycles. The zero-order chi connectivity index (χ0) is 19.5. The first-order valence-corrected chi connectivity index (χ1v) is 10.1. The van der Waals surface area contributed by atoms with Crippen LogP contribution in [0.25, 0.3) is 10.2 Å². The van der Waals surface area contributed by atoms with E-state index in [9.17, 15) is 0 Å². The number of nitrogens with one attached hydrogen (secondary N) is 1. The molecule has 0 fully saturated rings. The van der Waals surface area contributed by atoms with E-state index in [2.05, 4.69) is 37.4 Å². The van der Waals surface area contributed by atoms with Crippen molar-refractivity contribution in [1.29, 1.82) is 0 Å². The van der Waals surface area contributed by atoms with Crippen LogP contribution < -0.4 is 10.1 Å². The summed E-state index contributed by atoms with van der Waals surface area (Å²) < 4.78 is 5.48. The average molecular weight is 390 g/mol. The second-order valence-corrected chi connectivity index (χ2v) is 7.98.